The van der Waals surface area contributed by atoms with Gasteiger partial charge < -0.3 is 15.2 Å². The van der Waals surface area contributed by atoms with Crippen molar-refractivity contribution in [3.63, 3.8) is 0 Å². The van der Waals surface area contributed by atoms with Gasteiger partial charge in [-0.2, -0.15) is 0 Å². The van der Waals surface area contributed by atoms with E-state index >= 15 is 0 Å². The largest absolute Gasteiger partial charge is 0.396 e. The minimum atomic E-state index is -0.180. The van der Waals surface area contributed by atoms with Crippen LogP contribution in [0.2, 0.25) is 0 Å². The number of hydrogen-bond donors (Lipinski definition) is 2. The van der Waals surface area contributed by atoms with Crippen LogP contribution in [0.25, 0.3) is 0 Å². The fourth-order valence-corrected chi connectivity index (χ4v) is 4.43. The van der Waals surface area contributed by atoms with Gasteiger partial charge in [0.25, 0.3) is 0 Å². The quantitative estimate of drug-likeness (QED) is 0.793. The molecular formula is C23H31NO2. The van der Waals surface area contributed by atoms with Gasteiger partial charge in [0.15, 0.2) is 0 Å². The van der Waals surface area contributed by atoms with Gasteiger partial charge in [0, 0.05) is 37.6 Å². The van der Waals surface area contributed by atoms with Crippen LogP contribution in [0.1, 0.15) is 37.8 Å². The molecule has 0 aliphatic carbocycles. The molecule has 0 radical (unpaired) electrons. The first-order chi connectivity index (χ1) is 12.6. The predicted octanol–water partition coefficient (Wildman–Crippen LogP) is 3.91. The normalized spacial score (nSPS) is 23.5. The summed E-state index contributed by atoms with van der Waals surface area (Å²) in [6, 6.07) is 21.1. The van der Waals surface area contributed by atoms with E-state index in [1.54, 1.807) is 0 Å². The van der Waals surface area contributed by atoms with Crippen molar-refractivity contribution in [3.05, 3.63) is 71.8 Å². The van der Waals surface area contributed by atoms with Crippen LogP contribution in [0, 0.1) is 5.92 Å². The molecule has 1 fully saturated rings. The fourth-order valence-electron chi connectivity index (χ4n) is 4.43. The Morgan fingerprint density at radius 2 is 1.69 bits per heavy atom. The molecule has 1 saturated heterocycles. The van der Waals surface area contributed by atoms with Gasteiger partial charge in [-0.25, -0.2) is 0 Å². The highest BCUT2D eigenvalue weighted by molar-refractivity contribution is 5.28. The van der Waals surface area contributed by atoms with Gasteiger partial charge >= 0.3 is 0 Å². The summed E-state index contributed by atoms with van der Waals surface area (Å²) >= 11 is 0. The van der Waals surface area contributed by atoms with Crippen molar-refractivity contribution in [1.82, 2.24) is 5.32 Å². The number of rotatable bonds is 7. The fraction of sp³-hybridized carbons (Fsp3) is 0.478. The molecule has 1 heterocycles. The van der Waals surface area contributed by atoms with E-state index in [-0.39, 0.29) is 23.5 Å². The van der Waals surface area contributed by atoms with Gasteiger partial charge in [0.2, 0.25) is 0 Å². The minimum Gasteiger partial charge on any atom is -0.396 e. The highest BCUT2D eigenvalue weighted by atomic mass is 16.5. The van der Waals surface area contributed by atoms with E-state index in [4.69, 9.17) is 4.74 Å². The number of ether oxygens (including phenoxy) is 1. The van der Waals surface area contributed by atoms with E-state index in [1.165, 1.54) is 11.1 Å². The van der Waals surface area contributed by atoms with Gasteiger partial charge in [0.05, 0.1) is 5.60 Å². The molecule has 140 valence electrons. The number of benzene rings is 2. The van der Waals surface area contributed by atoms with Gasteiger partial charge in [-0.15, -0.1) is 0 Å². The topological polar surface area (TPSA) is 41.5 Å². The summed E-state index contributed by atoms with van der Waals surface area (Å²) in [4.78, 5) is 0. The lowest BCUT2D eigenvalue weighted by atomic mass is 9.62. The van der Waals surface area contributed by atoms with Gasteiger partial charge in [-0.05, 0) is 37.8 Å². The average molecular weight is 354 g/mol. The molecule has 0 aromatic heterocycles. The molecule has 2 aromatic carbocycles. The van der Waals surface area contributed by atoms with Crippen LogP contribution in [0.3, 0.4) is 0 Å². The van der Waals surface area contributed by atoms with Gasteiger partial charge in [-0.1, -0.05) is 60.7 Å². The zero-order valence-electron chi connectivity index (χ0n) is 15.9. The summed E-state index contributed by atoms with van der Waals surface area (Å²) in [5.74, 6) is 0.150. The van der Waals surface area contributed by atoms with E-state index < -0.39 is 0 Å². The summed E-state index contributed by atoms with van der Waals surface area (Å²) in [7, 11) is 0. The molecule has 0 spiro atoms. The first-order valence-electron chi connectivity index (χ1n) is 9.61. The molecule has 26 heavy (non-hydrogen) atoms. The Morgan fingerprint density at radius 3 is 2.31 bits per heavy atom. The van der Waals surface area contributed by atoms with Crippen molar-refractivity contribution in [3.8, 4) is 0 Å². The van der Waals surface area contributed by atoms with E-state index in [1.807, 2.05) is 6.07 Å². The molecule has 1 aliphatic rings. The minimum absolute atomic E-state index is 0.0680. The van der Waals surface area contributed by atoms with Gasteiger partial charge in [-0.3, -0.25) is 0 Å². The molecule has 2 N–H and O–H groups in total. The standard InChI is InChI=1S/C23H31NO2/c1-22(2)18-23(13-14-26-22,20-11-7-4-8-12-20)21(17-25)16-24-15-19-9-5-3-6-10-19/h3-12,21,24-25H,13-18H2,1-2H3. The van der Waals surface area contributed by atoms with Crippen molar-refractivity contribution < 1.29 is 9.84 Å². The number of hydrogen-bond acceptors (Lipinski definition) is 3. The lowest BCUT2D eigenvalue weighted by Crippen LogP contribution is -2.51. The highest BCUT2D eigenvalue weighted by Crippen LogP contribution is 2.46. The lowest BCUT2D eigenvalue weighted by molar-refractivity contribution is -0.0991. The molecule has 2 aromatic rings. The molecule has 0 saturated carbocycles. The van der Waals surface area contributed by atoms with Crippen LogP contribution in [-0.2, 0) is 16.7 Å². The molecule has 0 bridgehead atoms. The number of nitrogens with one attached hydrogen (secondary N) is 1. The van der Waals surface area contributed by atoms with Crippen LogP contribution in [-0.4, -0.2) is 30.5 Å². The molecule has 3 rings (SSSR count). The monoisotopic (exact) mass is 353 g/mol. The smallest absolute Gasteiger partial charge is 0.0635 e. The van der Waals surface area contributed by atoms with Crippen molar-refractivity contribution in [2.45, 2.75) is 44.2 Å². The first kappa shape index (κ1) is 19.1. The molecule has 2 atom stereocenters. The lowest BCUT2D eigenvalue weighted by Gasteiger charge is -2.49. The summed E-state index contributed by atoms with van der Waals surface area (Å²) < 4.78 is 6.01. The van der Waals surface area contributed by atoms with Crippen molar-refractivity contribution in [1.29, 1.82) is 0 Å². The zero-order valence-corrected chi connectivity index (χ0v) is 15.9. The van der Waals surface area contributed by atoms with E-state index in [9.17, 15) is 5.11 Å². The Labute approximate surface area is 157 Å². The molecule has 1 aliphatic heterocycles. The first-order valence-corrected chi connectivity index (χ1v) is 9.61. The maximum Gasteiger partial charge on any atom is 0.0635 e. The van der Waals surface area contributed by atoms with E-state index in [0.29, 0.717) is 0 Å². The maximum atomic E-state index is 10.3. The third-order valence-electron chi connectivity index (χ3n) is 5.70. The Kier molecular flexibility index (Phi) is 6.13. The highest BCUT2D eigenvalue weighted by Gasteiger charge is 2.46. The summed E-state index contributed by atoms with van der Waals surface area (Å²) in [5.41, 5.74) is 2.34. The third-order valence-corrected chi connectivity index (χ3v) is 5.70. The molecule has 0 amide bonds. The Morgan fingerprint density at radius 1 is 1.04 bits per heavy atom. The second-order valence-corrected chi connectivity index (χ2v) is 8.05. The second-order valence-electron chi connectivity index (χ2n) is 8.05. The summed E-state index contributed by atoms with van der Waals surface area (Å²) in [5, 5.41) is 13.9. The molecular weight excluding hydrogens is 322 g/mol. The SMILES string of the molecule is CC1(C)CC(c2ccccc2)(C(CO)CNCc2ccccc2)CCO1. The molecule has 2 unspecified atom stereocenters. The predicted molar refractivity (Wildman–Crippen MR) is 106 cm³/mol. The molecule has 3 nitrogen and oxygen atoms in total. The van der Waals surface area contributed by atoms with Crippen molar-refractivity contribution in [2.24, 2.45) is 5.92 Å². The Hall–Kier alpha value is -1.68. The number of aliphatic hydroxyl groups excluding tert-OH is 1. The average Bonchev–Trinajstić information content (AvgIpc) is 2.66. The maximum absolute atomic E-state index is 10.3. The van der Waals surface area contributed by atoms with Crippen LogP contribution in [0.15, 0.2) is 60.7 Å². The van der Waals surface area contributed by atoms with E-state index in [2.05, 4.69) is 73.8 Å². The van der Waals surface area contributed by atoms with Gasteiger partial charge in [0.1, 0.15) is 0 Å². The van der Waals surface area contributed by atoms with Crippen LogP contribution < -0.4 is 5.32 Å². The van der Waals surface area contributed by atoms with E-state index in [0.717, 1.165) is 32.5 Å². The summed E-state index contributed by atoms with van der Waals surface area (Å²) in [6.07, 6.45) is 1.86. The van der Waals surface area contributed by atoms with Crippen molar-refractivity contribution in [2.75, 3.05) is 19.8 Å². The third kappa shape index (κ3) is 4.35. The van der Waals surface area contributed by atoms with Crippen LogP contribution >= 0.6 is 0 Å². The van der Waals surface area contributed by atoms with Crippen LogP contribution in [0.4, 0.5) is 0 Å². The number of aliphatic hydroxyl groups is 1. The van der Waals surface area contributed by atoms with Crippen LogP contribution in [0.5, 0.6) is 0 Å². The summed E-state index contributed by atoms with van der Waals surface area (Å²) in [6.45, 7) is 6.84. The zero-order chi connectivity index (χ0) is 18.5. The Balaban J connectivity index is 1.80. The molecule has 3 heteroatoms. The van der Waals surface area contributed by atoms with Crippen molar-refractivity contribution >= 4 is 0 Å². The second kappa shape index (κ2) is 8.34. The Bertz CT molecular complexity index is 671.